The molecular weight excluding hydrogens is 146 g/mol. The van der Waals surface area contributed by atoms with Crippen LogP contribution in [0.5, 0.6) is 0 Å². The van der Waals surface area contributed by atoms with Gasteiger partial charge in [-0.25, -0.2) is 0 Å². The molecule has 0 aromatic carbocycles. The molecule has 0 aromatic heterocycles. The molecule has 1 heterocycles. The summed E-state index contributed by atoms with van der Waals surface area (Å²) in [5.41, 5.74) is 1.47. The SMILES string of the molecule is CCCCCN1C=CC=C(C)C1. The maximum Gasteiger partial charge on any atom is 0.0383 e. The third-order valence-electron chi connectivity index (χ3n) is 2.18. The molecule has 1 rings (SSSR count). The average molecular weight is 165 g/mol. The van der Waals surface area contributed by atoms with Crippen molar-refractivity contribution in [1.82, 2.24) is 4.90 Å². The zero-order valence-corrected chi connectivity index (χ0v) is 8.21. The number of hydrogen-bond donors (Lipinski definition) is 0. The Hall–Kier alpha value is -0.720. The van der Waals surface area contributed by atoms with Crippen LogP contribution in [-0.2, 0) is 0 Å². The minimum absolute atomic E-state index is 1.13. The molecule has 0 saturated carbocycles. The molecular formula is C11H19N. The van der Waals surface area contributed by atoms with E-state index < -0.39 is 0 Å². The molecule has 0 aliphatic carbocycles. The number of hydrogen-bond acceptors (Lipinski definition) is 1. The summed E-state index contributed by atoms with van der Waals surface area (Å²) in [6.07, 6.45) is 10.5. The van der Waals surface area contributed by atoms with Crippen LogP contribution >= 0.6 is 0 Å². The lowest BCUT2D eigenvalue weighted by molar-refractivity contribution is 0.387. The van der Waals surface area contributed by atoms with Crippen molar-refractivity contribution >= 4 is 0 Å². The molecule has 0 atom stereocenters. The fourth-order valence-corrected chi connectivity index (χ4v) is 1.47. The molecule has 0 bridgehead atoms. The van der Waals surface area contributed by atoms with Crippen molar-refractivity contribution in [1.29, 1.82) is 0 Å². The van der Waals surface area contributed by atoms with Crippen molar-refractivity contribution in [2.45, 2.75) is 33.1 Å². The van der Waals surface area contributed by atoms with Crippen molar-refractivity contribution in [3.05, 3.63) is 23.9 Å². The molecule has 1 aliphatic heterocycles. The van der Waals surface area contributed by atoms with Crippen LogP contribution < -0.4 is 0 Å². The Kier molecular flexibility index (Phi) is 3.92. The van der Waals surface area contributed by atoms with E-state index in [0.717, 1.165) is 6.54 Å². The minimum atomic E-state index is 1.13. The highest BCUT2D eigenvalue weighted by atomic mass is 15.1. The summed E-state index contributed by atoms with van der Waals surface area (Å²) < 4.78 is 0. The standard InChI is InChI=1S/C11H19N/c1-3-4-5-8-12-9-6-7-11(2)10-12/h6-7,9H,3-5,8,10H2,1-2H3. The average Bonchev–Trinajstić information content (AvgIpc) is 2.05. The molecule has 0 saturated heterocycles. The molecule has 0 aromatic rings. The second-order valence-electron chi connectivity index (χ2n) is 3.53. The predicted octanol–water partition coefficient (Wildman–Crippen LogP) is 2.95. The summed E-state index contributed by atoms with van der Waals surface area (Å²) in [6, 6.07) is 0. The van der Waals surface area contributed by atoms with Crippen LogP contribution in [0.2, 0.25) is 0 Å². The van der Waals surface area contributed by atoms with Gasteiger partial charge in [-0.1, -0.05) is 31.4 Å². The second kappa shape index (κ2) is 5.02. The van der Waals surface area contributed by atoms with Gasteiger partial charge in [-0.05, 0) is 25.6 Å². The summed E-state index contributed by atoms with van der Waals surface area (Å²) in [4.78, 5) is 2.39. The fourth-order valence-electron chi connectivity index (χ4n) is 1.47. The normalized spacial score (nSPS) is 16.5. The number of nitrogens with zero attached hydrogens (tertiary/aromatic N) is 1. The van der Waals surface area contributed by atoms with Gasteiger partial charge >= 0.3 is 0 Å². The van der Waals surface area contributed by atoms with Gasteiger partial charge in [-0.2, -0.15) is 0 Å². The highest BCUT2D eigenvalue weighted by molar-refractivity contribution is 5.16. The number of allylic oxidation sites excluding steroid dienone is 2. The van der Waals surface area contributed by atoms with E-state index in [1.165, 1.54) is 31.4 Å². The zero-order valence-electron chi connectivity index (χ0n) is 8.21. The molecule has 0 unspecified atom stereocenters. The smallest absolute Gasteiger partial charge is 0.0383 e. The van der Waals surface area contributed by atoms with Crippen LogP contribution in [0.1, 0.15) is 33.1 Å². The Bertz CT molecular complexity index is 179. The van der Waals surface area contributed by atoms with Gasteiger partial charge in [-0.15, -0.1) is 0 Å². The molecule has 12 heavy (non-hydrogen) atoms. The molecule has 0 radical (unpaired) electrons. The van der Waals surface area contributed by atoms with Gasteiger partial charge in [0.2, 0.25) is 0 Å². The molecule has 1 nitrogen and oxygen atoms in total. The van der Waals surface area contributed by atoms with E-state index >= 15 is 0 Å². The Morgan fingerprint density at radius 3 is 2.92 bits per heavy atom. The third-order valence-corrected chi connectivity index (χ3v) is 2.18. The summed E-state index contributed by atoms with van der Waals surface area (Å²) >= 11 is 0. The predicted molar refractivity (Wildman–Crippen MR) is 54.0 cm³/mol. The Morgan fingerprint density at radius 2 is 2.25 bits per heavy atom. The van der Waals surface area contributed by atoms with Gasteiger partial charge in [-0.3, -0.25) is 0 Å². The van der Waals surface area contributed by atoms with E-state index in [1.54, 1.807) is 0 Å². The Balaban J connectivity index is 2.18. The highest BCUT2D eigenvalue weighted by Gasteiger charge is 2.02. The maximum absolute atomic E-state index is 2.39. The fraction of sp³-hybridized carbons (Fsp3) is 0.636. The van der Waals surface area contributed by atoms with E-state index in [4.69, 9.17) is 0 Å². The van der Waals surface area contributed by atoms with Crippen molar-refractivity contribution in [3.8, 4) is 0 Å². The summed E-state index contributed by atoms with van der Waals surface area (Å²) in [5, 5.41) is 0. The molecule has 0 spiro atoms. The van der Waals surface area contributed by atoms with Crippen LogP contribution in [0.4, 0.5) is 0 Å². The third kappa shape index (κ3) is 3.12. The first-order chi connectivity index (χ1) is 5.83. The Labute approximate surface area is 75.8 Å². The van der Waals surface area contributed by atoms with Gasteiger partial charge in [0.25, 0.3) is 0 Å². The van der Waals surface area contributed by atoms with E-state index in [0.29, 0.717) is 0 Å². The quantitative estimate of drug-likeness (QED) is 0.579. The number of unbranched alkanes of at least 4 members (excludes halogenated alkanes) is 2. The van der Waals surface area contributed by atoms with Crippen LogP contribution in [0.25, 0.3) is 0 Å². The van der Waals surface area contributed by atoms with Gasteiger partial charge in [0.1, 0.15) is 0 Å². The maximum atomic E-state index is 2.39. The largest absolute Gasteiger partial charge is 0.373 e. The molecule has 1 heteroatoms. The lowest BCUT2D eigenvalue weighted by Gasteiger charge is -2.22. The van der Waals surface area contributed by atoms with E-state index in [2.05, 4.69) is 37.1 Å². The van der Waals surface area contributed by atoms with E-state index in [-0.39, 0.29) is 0 Å². The molecule has 0 N–H and O–H groups in total. The molecule has 68 valence electrons. The number of rotatable bonds is 4. The Morgan fingerprint density at radius 1 is 1.42 bits per heavy atom. The summed E-state index contributed by atoms with van der Waals surface area (Å²) in [7, 11) is 0. The summed E-state index contributed by atoms with van der Waals surface area (Å²) in [6.45, 7) is 6.78. The van der Waals surface area contributed by atoms with Gasteiger partial charge in [0, 0.05) is 13.1 Å². The van der Waals surface area contributed by atoms with Crippen molar-refractivity contribution in [3.63, 3.8) is 0 Å². The van der Waals surface area contributed by atoms with Crippen molar-refractivity contribution in [2.24, 2.45) is 0 Å². The van der Waals surface area contributed by atoms with E-state index in [9.17, 15) is 0 Å². The lowest BCUT2D eigenvalue weighted by atomic mass is 10.2. The monoisotopic (exact) mass is 165 g/mol. The first kappa shape index (κ1) is 9.37. The van der Waals surface area contributed by atoms with Crippen molar-refractivity contribution < 1.29 is 0 Å². The van der Waals surface area contributed by atoms with Gasteiger partial charge in [0.15, 0.2) is 0 Å². The van der Waals surface area contributed by atoms with Gasteiger partial charge < -0.3 is 4.90 Å². The van der Waals surface area contributed by atoms with Crippen LogP contribution in [0.3, 0.4) is 0 Å². The van der Waals surface area contributed by atoms with Crippen LogP contribution in [0, 0.1) is 0 Å². The van der Waals surface area contributed by atoms with Gasteiger partial charge in [0.05, 0.1) is 0 Å². The molecule has 0 fully saturated rings. The first-order valence-electron chi connectivity index (χ1n) is 4.91. The minimum Gasteiger partial charge on any atom is -0.373 e. The lowest BCUT2D eigenvalue weighted by Crippen LogP contribution is -2.22. The zero-order chi connectivity index (χ0) is 8.81. The van der Waals surface area contributed by atoms with E-state index in [1.807, 2.05) is 0 Å². The summed E-state index contributed by atoms with van der Waals surface area (Å²) in [5.74, 6) is 0. The highest BCUT2D eigenvalue weighted by Crippen LogP contribution is 2.07. The molecule has 0 amide bonds. The van der Waals surface area contributed by atoms with Crippen LogP contribution in [-0.4, -0.2) is 18.0 Å². The topological polar surface area (TPSA) is 3.24 Å². The van der Waals surface area contributed by atoms with Crippen LogP contribution in [0.15, 0.2) is 23.9 Å². The molecule has 1 aliphatic rings. The first-order valence-corrected chi connectivity index (χ1v) is 4.91. The van der Waals surface area contributed by atoms with Crippen molar-refractivity contribution in [2.75, 3.05) is 13.1 Å². The second-order valence-corrected chi connectivity index (χ2v) is 3.53.